The number of halogens is 4. The maximum Gasteiger partial charge on any atom is -0.109 e. The molecule has 0 atom stereocenters. The van der Waals surface area contributed by atoms with Crippen LogP contribution in [0.3, 0.4) is 0 Å². The molecule has 0 nitrogen and oxygen atoms in total. The number of fused-ring (bicyclic) bond motifs is 3. The molecule has 0 N–H and O–H groups in total. The van der Waals surface area contributed by atoms with Crippen molar-refractivity contribution < 1.29 is 49.0 Å². The third kappa shape index (κ3) is 10.4. The van der Waals surface area contributed by atoms with Crippen molar-refractivity contribution in [3.63, 3.8) is 0 Å². The zero-order chi connectivity index (χ0) is 30.5. The number of hydrogen-bond donors (Lipinski definition) is 0. The largest absolute Gasteiger partial charge is 1.00 e. The van der Waals surface area contributed by atoms with Crippen molar-refractivity contribution in [2.75, 3.05) is 0 Å². The summed E-state index contributed by atoms with van der Waals surface area (Å²) in [6, 6.07) is 30.9. The molecule has 2 aliphatic carbocycles. The van der Waals surface area contributed by atoms with E-state index in [2.05, 4.69) is 90.1 Å². The van der Waals surface area contributed by atoms with Crippen LogP contribution < -0.4 is 24.8 Å². The summed E-state index contributed by atoms with van der Waals surface area (Å²) < 4.78 is 1.31. The van der Waals surface area contributed by atoms with Crippen LogP contribution in [-0.4, -0.2) is 3.21 Å². The minimum Gasteiger partial charge on any atom is -1.00 e. The Morgan fingerprint density at radius 1 is 0.705 bits per heavy atom. The third-order valence-electron chi connectivity index (χ3n) is 7.38. The minimum absolute atomic E-state index is 0. The first kappa shape index (κ1) is 38.5. The summed E-state index contributed by atoms with van der Waals surface area (Å²) in [5.41, 5.74) is 11.2. The SMILES string of the molecule is CC(C)(C)c1c[c-]c2c(c1)-c1cc(C(C)(C)C)ccc1C2.Clc1ccc([C](=[Zr+2])c2ccc(Cl)cc2)cc1.[C-]1=CC=CC1.[Cl-].[Cl-]. The van der Waals surface area contributed by atoms with Crippen LogP contribution in [0, 0.1) is 12.1 Å². The van der Waals surface area contributed by atoms with Crippen molar-refractivity contribution in [3.05, 3.63) is 153 Å². The van der Waals surface area contributed by atoms with Crippen molar-refractivity contribution in [2.24, 2.45) is 0 Å². The average molecular weight is 740 g/mol. The van der Waals surface area contributed by atoms with Crippen molar-refractivity contribution in [1.29, 1.82) is 0 Å². The van der Waals surface area contributed by atoms with Gasteiger partial charge in [0.05, 0.1) is 0 Å². The molecule has 0 radical (unpaired) electrons. The van der Waals surface area contributed by atoms with Crippen molar-refractivity contribution in [3.8, 4) is 11.1 Å². The second kappa shape index (κ2) is 16.7. The van der Waals surface area contributed by atoms with E-state index in [0.717, 1.165) is 22.9 Å². The number of benzene rings is 4. The summed E-state index contributed by atoms with van der Waals surface area (Å²) in [4.78, 5) is 0. The molecule has 2 aliphatic rings. The first-order valence-corrected chi connectivity index (χ1v) is 16.3. The summed E-state index contributed by atoms with van der Waals surface area (Å²) >= 11 is 13.1. The Hall–Kier alpha value is -1.73. The molecular weight excluding hydrogens is 701 g/mol. The van der Waals surface area contributed by atoms with Gasteiger partial charge in [-0.25, -0.2) is 12.2 Å². The molecule has 4 aromatic carbocycles. The predicted octanol–water partition coefficient (Wildman–Crippen LogP) is 5.08. The van der Waals surface area contributed by atoms with Crippen LogP contribution in [0.25, 0.3) is 11.1 Å². The van der Waals surface area contributed by atoms with Crippen LogP contribution >= 0.6 is 23.2 Å². The fourth-order valence-corrected chi connectivity index (χ4v) is 5.80. The molecule has 6 rings (SSSR count). The van der Waals surface area contributed by atoms with E-state index in [0.29, 0.717) is 0 Å². The molecule has 0 spiro atoms. The molecule has 228 valence electrons. The molecule has 5 heteroatoms. The predicted molar refractivity (Wildman–Crippen MR) is 179 cm³/mol. The maximum atomic E-state index is 5.86. The van der Waals surface area contributed by atoms with E-state index in [4.69, 9.17) is 23.2 Å². The first-order chi connectivity index (χ1) is 19.8. The van der Waals surface area contributed by atoms with Gasteiger partial charge in [0.1, 0.15) is 0 Å². The molecule has 0 fully saturated rings. The van der Waals surface area contributed by atoms with Gasteiger partial charge in [0, 0.05) is 0 Å². The van der Waals surface area contributed by atoms with Gasteiger partial charge in [0.15, 0.2) is 0 Å². The smallest absolute Gasteiger partial charge is 0.109 e. The van der Waals surface area contributed by atoms with E-state index >= 15 is 0 Å². The summed E-state index contributed by atoms with van der Waals surface area (Å²) in [7, 11) is 0. The van der Waals surface area contributed by atoms with Crippen molar-refractivity contribution in [2.45, 2.75) is 65.2 Å². The van der Waals surface area contributed by atoms with Crippen LogP contribution in [0.4, 0.5) is 0 Å². The van der Waals surface area contributed by atoms with Crippen LogP contribution in [0.2, 0.25) is 10.0 Å². The fraction of sp³-hybridized carbons (Fsp3) is 0.256. The van der Waals surface area contributed by atoms with Gasteiger partial charge in [-0.1, -0.05) is 76.3 Å². The molecule has 0 saturated heterocycles. The topological polar surface area (TPSA) is 0 Å². The Kier molecular flexibility index (Phi) is 14.6. The monoisotopic (exact) mass is 736 g/mol. The molecule has 0 unspecified atom stereocenters. The standard InChI is InChI=1S/C21H25.C13H8Cl2.C5H5.2ClH.Zr/c1-20(2,3)16-9-7-14-11-15-8-10-17(21(4,5)6)13-19(15)18(14)12-16;14-12-5-1-10(2-6-12)9-11-3-7-13(15)8-4-11;1-2-4-5-3-1;;;/h7,9-10,12-13H,11H2,1-6H3;1-8H;1-3H,4H2;2*1H;/q-1;;-1;;;+2/p-2. The van der Waals surface area contributed by atoms with E-state index < -0.39 is 0 Å². The van der Waals surface area contributed by atoms with Gasteiger partial charge in [-0.05, 0) is 17.4 Å². The molecule has 0 amide bonds. The van der Waals surface area contributed by atoms with Gasteiger partial charge in [-0.2, -0.15) is 35.4 Å². The third-order valence-corrected chi connectivity index (χ3v) is 9.30. The minimum atomic E-state index is 0. The number of rotatable bonds is 2. The Balaban J connectivity index is 0.000000260. The zero-order valence-electron chi connectivity index (χ0n) is 26.2. The zero-order valence-corrected chi connectivity index (χ0v) is 31.6. The molecule has 0 heterocycles. The summed E-state index contributed by atoms with van der Waals surface area (Å²) in [5.74, 6) is 0. The Bertz CT molecular complexity index is 1480. The van der Waals surface area contributed by atoms with Crippen molar-refractivity contribution in [1.82, 2.24) is 0 Å². The fourth-order valence-electron chi connectivity index (χ4n) is 4.72. The number of hydrogen-bond acceptors (Lipinski definition) is 0. The van der Waals surface area contributed by atoms with Crippen molar-refractivity contribution >= 4 is 26.4 Å². The van der Waals surface area contributed by atoms with Gasteiger partial charge < -0.3 is 24.8 Å². The maximum absolute atomic E-state index is 5.86. The van der Waals surface area contributed by atoms with E-state index in [1.165, 1.54) is 71.9 Å². The Morgan fingerprint density at radius 2 is 1.23 bits per heavy atom. The molecule has 0 aromatic heterocycles. The molecule has 44 heavy (non-hydrogen) atoms. The summed E-state index contributed by atoms with van der Waals surface area (Å²) in [5, 5.41) is 1.53. The molecular formula is C39H38Cl4Zr-2. The Morgan fingerprint density at radius 3 is 1.66 bits per heavy atom. The van der Waals surface area contributed by atoms with Crippen LogP contribution in [0.5, 0.6) is 0 Å². The van der Waals surface area contributed by atoms with E-state index in [9.17, 15) is 0 Å². The normalized spacial score (nSPS) is 12.4. The molecule has 0 bridgehead atoms. The first-order valence-electron chi connectivity index (χ1n) is 14.3. The van der Waals surface area contributed by atoms with E-state index in [-0.39, 0.29) is 35.6 Å². The van der Waals surface area contributed by atoms with Gasteiger partial charge in [0.2, 0.25) is 0 Å². The van der Waals surface area contributed by atoms with E-state index in [1.807, 2.05) is 60.7 Å². The van der Waals surface area contributed by atoms with Gasteiger partial charge in [-0.3, -0.25) is 6.08 Å². The van der Waals surface area contributed by atoms with Gasteiger partial charge >= 0.3 is 120 Å². The summed E-state index contributed by atoms with van der Waals surface area (Å²) in [6.45, 7) is 13.6. The molecule has 0 saturated carbocycles. The Labute approximate surface area is 302 Å². The van der Waals surface area contributed by atoms with Gasteiger partial charge in [0.25, 0.3) is 0 Å². The second-order valence-corrected chi connectivity index (χ2v) is 14.8. The second-order valence-electron chi connectivity index (χ2n) is 12.7. The average Bonchev–Trinajstić information content (AvgIpc) is 3.64. The summed E-state index contributed by atoms with van der Waals surface area (Å²) in [6.07, 6.45) is 11.0. The molecule has 0 aliphatic heterocycles. The number of allylic oxidation sites excluding steroid dienone is 4. The van der Waals surface area contributed by atoms with Gasteiger partial charge in [-0.15, -0.1) is 12.0 Å². The quantitative estimate of drug-likeness (QED) is 0.222. The van der Waals surface area contributed by atoms with Crippen LogP contribution in [0.15, 0.2) is 97.1 Å². The van der Waals surface area contributed by atoms with Crippen LogP contribution in [-0.2, 0) is 41.5 Å². The molecule has 4 aromatic rings. The van der Waals surface area contributed by atoms with Crippen LogP contribution in [0.1, 0.15) is 81.3 Å². The van der Waals surface area contributed by atoms with E-state index in [1.54, 1.807) is 0 Å².